The summed E-state index contributed by atoms with van der Waals surface area (Å²) in [6.07, 6.45) is -0.670. The summed E-state index contributed by atoms with van der Waals surface area (Å²) in [5, 5.41) is 2.37. The summed E-state index contributed by atoms with van der Waals surface area (Å²) >= 11 is 0. The highest BCUT2D eigenvalue weighted by molar-refractivity contribution is 7.85. The number of anilines is 1. The Hall–Kier alpha value is -1.60. The normalized spacial score (nSPS) is 11.3. The second-order valence-corrected chi connectivity index (χ2v) is 5.54. The van der Waals surface area contributed by atoms with Crippen molar-refractivity contribution in [3.63, 3.8) is 0 Å². The first kappa shape index (κ1) is 14.5. The Bertz CT molecular complexity index is 524. The van der Waals surface area contributed by atoms with Gasteiger partial charge in [-0.3, -0.25) is 9.87 Å². The number of rotatable bonds is 4. The van der Waals surface area contributed by atoms with Gasteiger partial charge in [0.05, 0.1) is 11.5 Å². The van der Waals surface area contributed by atoms with Crippen molar-refractivity contribution in [2.45, 2.75) is 18.7 Å². The molecular formula is C11H15NO5S. The van der Waals surface area contributed by atoms with Crippen molar-refractivity contribution >= 4 is 21.9 Å². The van der Waals surface area contributed by atoms with E-state index in [9.17, 15) is 13.2 Å². The molecule has 1 amide bonds. The molecule has 0 atom stereocenters. The van der Waals surface area contributed by atoms with Gasteiger partial charge in [0.2, 0.25) is 0 Å². The van der Waals surface area contributed by atoms with Gasteiger partial charge in [0, 0.05) is 5.69 Å². The van der Waals surface area contributed by atoms with E-state index in [1.807, 2.05) is 13.8 Å². The lowest BCUT2D eigenvalue weighted by molar-refractivity contribution is 0.147. The predicted molar refractivity (Wildman–Crippen MR) is 66.1 cm³/mol. The van der Waals surface area contributed by atoms with Crippen LogP contribution in [-0.2, 0) is 14.9 Å². The van der Waals surface area contributed by atoms with Crippen molar-refractivity contribution in [3.05, 3.63) is 24.3 Å². The lowest BCUT2D eigenvalue weighted by atomic mass is 10.2. The SMILES string of the molecule is CC(C)COC(=O)Nc1cccc(S(=O)(=O)O)c1. The standard InChI is InChI=1S/C11H15NO5S/c1-8(2)7-17-11(13)12-9-4-3-5-10(6-9)18(14,15)16/h3-6,8H,7H2,1-2H3,(H,12,13)(H,14,15,16). The molecule has 0 fully saturated rings. The molecule has 7 heteroatoms. The summed E-state index contributed by atoms with van der Waals surface area (Å²) in [5.74, 6) is 0.208. The molecule has 1 aromatic carbocycles. The van der Waals surface area contributed by atoms with E-state index in [0.717, 1.165) is 6.07 Å². The van der Waals surface area contributed by atoms with Gasteiger partial charge in [-0.1, -0.05) is 19.9 Å². The van der Waals surface area contributed by atoms with E-state index in [1.54, 1.807) is 0 Å². The average molecular weight is 273 g/mol. The Kier molecular flexibility index (Phi) is 4.69. The topological polar surface area (TPSA) is 92.7 Å². The Morgan fingerprint density at radius 2 is 2.11 bits per heavy atom. The fraction of sp³-hybridized carbons (Fsp3) is 0.364. The molecule has 18 heavy (non-hydrogen) atoms. The molecule has 0 heterocycles. The zero-order chi connectivity index (χ0) is 13.8. The number of ether oxygens (including phenoxy) is 1. The van der Waals surface area contributed by atoms with Gasteiger partial charge >= 0.3 is 6.09 Å². The lowest BCUT2D eigenvalue weighted by Crippen LogP contribution is -2.16. The summed E-state index contributed by atoms with van der Waals surface area (Å²) in [4.78, 5) is 11.0. The van der Waals surface area contributed by atoms with Crippen LogP contribution in [0.3, 0.4) is 0 Å². The number of benzene rings is 1. The minimum absolute atomic E-state index is 0.208. The molecule has 1 aromatic rings. The molecule has 1 rings (SSSR count). The molecule has 0 saturated carbocycles. The highest BCUT2D eigenvalue weighted by atomic mass is 32.2. The molecular weight excluding hydrogens is 258 g/mol. The molecule has 0 radical (unpaired) electrons. The third kappa shape index (κ3) is 4.72. The summed E-state index contributed by atoms with van der Waals surface area (Å²) in [5.41, 5.74) is 0.235. The maximum Gasteiger partial charge on any atom is 0.411 e. The zero-order valence-electron chi connectivity index (χ0n) is 10.1. The summed E-state index contributed by atoms with van der Waals surface area (Å²) in [6.45, 7) is 4.06. The third-order valence-electron chi connectivity index (χ3n) is 1.93. The number of amides is 1. The van der Waals surface area contributed by atoms with E-state index >= 15 is 0 Å². The molecule has 0 bridgehead atoms. The molecule has 0 saturated heterocycles. The van der Waals surface area contributed by atoms with Gasteiger partial charge in [0.1, 0.15) is 0 Å². The molecule has 6 nitrogen and oxygen atoms in total. The Morgan fingerprint density at radius 3 is 2.67 bits per heavy atom. The van der Waals surface area contributed by atoms with Crippen LogP contribution in [-0.4, -0.2) is 25.7 Å². The van der Waals surface area contributed by atoms with Crippen LogP contribution in [0.5, 0.6) is 0 Å². The van der Waals surface area contributed by atoms with Gasteiger partial charge in [0.15, 0.2) is 0 Å². The van der Waals surface area contributed by atoms with Crippen LogP contribution in [0.15, 0.2) is 29.2 Å². The first-order valence-electron chi connectivity index (χ1n) is 5.30. The third-order valence-corrected chi connectivity index (χ3v) is 2.78. The van der Waals surface area contributed by atoms with Crippen LogP contribution in [0.4, 0.5) is 10.5 Å². The summed E-state index contributed by atoms with van der Waals surface area (Å²) < 4.78 is 35.5. The zero-order valence-corrected chi connectivity index (χ0v) is 10.9. The van der Waals surface area contributed by atoms with Gasteiger partial charge in [-0.2, -0.15) is 8.42 Å². The number of hydrogen-bond donors (Lipinski definition) is 2. The fourth-order valence-electron chi connectivity index (χ4n) is 1.13. The van der Waals surface area contributed by atoms with Crippen molar-refractivity contribution in [3.8, 4) is 0 Å². The highest BCUT2D eigenvalue weighted by Crippen LogP contribution is 2.15. The van der Waals surface area contributed by atoms with E-state index in [4.69, 9.17) is 9.29 Å². The quantitative estimate of drug-likeness (QED) is 0.820. The molecule has 0 unspecified atom stereocenters. The molecule has 2 N–H and O–H groups in total. The van der Waals surface area contributed by atoms with Crippen LogP contribution in [0.25, 0.3) is 0 Å². The number of nitrogens with one attached hydrogen (secondary N) is 1. The lowest BCUT2D eigenvalue weighted by Gasteiger charge is -2.09. The molecule has 0 aromatic heterocycles. The highest BCUT2D eigenvalue weighted by Gasteiger charge is 2.11. The van der Waals surface area contributed by atoms with E-state index in [2.05, 4.69) is 5.32 Å². The van der Waals surface area contributed by atoms with Gasteiger partial charge in [0.25, 0.3) is 10.1 Å². The smallest absolute Gasteiger partial charge is 0.411 e. The van der Waals surface area contributed by atoms with Gasteiger partial charge in [-0.25, -0.2) is 4.79 Å². The minimum atomic E-state index is -4.28. The van der Waals surface area contributed by atoms with Gasteiger partial charge < -0.3 is 4.74 Å². The Morgan fingerprint density at radius 1 is 1.44 bits per heavy atom. The van der Waals surface area contributed by atoms with Crippen molar-refractivity contribution in [1.29, 1.82) is 0 Å². The first-order valence-corrected chi connectivity index (χ1v) is 6.74. The summed E-state index contributed by atoms with van der Waals surface area (Å²) in [7, 11) is -4.28. The Labute approximate surface area is 106 Å². The van der Waals surface area contributed by atoms with Crippen molar-refractivity contribution in [1.82, 2.24) is 0 Å². The van der Waals surface area contributed by atoms with E-state index in [-0.39, 0.29) is 23.1 Å². The Balaban J connectivity index is 2.71. The molecule has 0 spiro atoms. The minimum Gasteiger partial charge on any atom is -0.449 e. The molecule has 0 aliphatic carbocycles. The molecule has 0 aliphatic rings. The predicted octanol–water partition coefficient (Wildman–Crippen LogP) is 2.14. The van der Waals surface area contributed by atoms with Crippen LogP contribution in [0, 0.1) is 5.92 Å². The van der Waals surface area contributed by atoms with E-state index in [1.165, 1.54) is 18.2 Å². The fourth-order valence-corrected chi connectivity index (χ4v) is 1.66. The largest absolute Gasteiger partial charge is 0.449 e. The van der Waals surface area contributed by atoms with Crippen molar-refractivity contribution < 1.29 is 22.5 Å². The molecule has 100 valence electrons. The monoisotopic (exact) mass is 273 g/mol. The molecule has 0 aliphatic heterocycles. The van der Waals surface area contributed by atoms with Crippen molar-refractivity contribution in [2.24, 2.45) is 5.92 Å². The van der Waals surface area contributed by atoms with Crippen LogP contribution in [0.1, 0.15) is 13.8 Å². The number of carbonyl (C=O) groups excluding carboxylic acids is 1. The van der Waals surface area contributed by atoms with Crippen molar-refractivity contribution in [2.75, 3.05) is 11.9 Å². The summed E-state index contributed by atoms with van der Waals surface area (Å²) in [6, 6.07) is 5.26. The number of hydrogen-bond acceptors (Lipinski definition) is 4. The average Bonchev–Trinajstić information content (AvgIpc) is 2.25. The maximum absolute atomic E-state index is 11.3. The second kappa shape index (κ2) is 5.83. The van der Waals surface area contributed by atoms with E-state index < -0.39 is 16.2 Å². The van der Waals surface area contributed by atoms with Crippen LogP contribution in [0.2, 0.25) is 0 Å². The van der Waals surface area contributed by atoms with Gasteiger partial charge in [-0.05, 0) is 24.1 Å². The van der Waals surface area contributed by atoms with Crippen LogP contribution >= 0.6 is 0 Å². The maximum atomic E-state index is 11.3. The number of carbonyl (C=O) groups is 1. The first-order chi connectivity index (χ1) is 8.29. The van der Waals surface area contributed by atoms with Gasteiger partial charge in [-0.15, -0.1) is 0 Å². The van der Waals surface area contributed by atoms with Crippen LogP contribution < -0.4 is 5.32 Å². The van der Waals surface area contributed by atoms with E-state index in [0.29, 0.717) is 0 Å². The second-order valence-electron chi connectivity index (χ2n) is 4.12.